The second-order valence-electron chi connectivity index (χ2n) is 6.88. The molecule has 0 radical (unpaired) electrons. The van der Waals surface area contributed by atoms with Crippen molar-refractivity contribution in [2.75, 3.05) is 19.0 Å². The number of oxime groups is 1. The van der Waals surface area contributed by atoms with Crippen molar-refractivity contribution in [2.24, 2.45) is 5.16 Å². The Morgan fingerprint density at radius 2 is 1.78 bits per heavy atom. The van der Waals surface area contributed by atoms with Gasteiger partial charge in [-0.1, -0.05) is 47.6 Å². The van der Waals surface area contributed by atoms with E-state index >= 15 is 0 Å². The molecule has 7 heteroatoms. The van der Waals surface area contributed by atoms with Gasteiger partial charge in [0, 0.05) is 16.8 Å². The fraction of sp³-hybridized carbons (Fsp3) is 0.160. The van der Waals surface area contributed by atoms with Gasteiger partial charge in [-0.2, -0.15) is 0 Å². The van der Waals surface area contributed by atoms with Gasteiger partial charge in [-0.05, 0) is 42.8 Å². The number of carbonyl (C=O) groups is 2. The first-order valence-corrected chi connectivity index (χ1v) is 9.96. The Morgan fingerprint density at radius 1 is 0.969 bits per heavy atom. The number of benzene rings is 3. The van der Waals surface area contributed by atoms with Gasteiger partial charge in [-0.15, -0.1) is 0 Å². The summed E-state index contributed by atoms with van der Waals surface area (Å²) in [6.45, 7) is 1.63. The lowest BCUT2D eigenvalue weighted by Gasteiger charge is -2.11. The molecule has 3 aromatic carbocycles. The molecule has 0 aliphatic carbocycles. The molecular weight excluding hydrogens is 408 g/mol. The van der Waals surface area contributed by atoms with E-state index in [0.29, 0.717) is 29.4 Å². The maximum absolute atomic E-state index is 12.0. The van der Waals surface area contributed by atoms with E-state index in [-0.39, 0.29) is 18.3 Å². The fourth-order valence-electron chi connectivity index (χ4n) is 2.83. The highest BCUT2D eigenvalue weighted by Crippen LogP contribution is 2.28. The molecule has 0 heterocycles. The summed E-state index contributed by atoms with van der Waals surface area (Å²) < 4.78 is 11.2. The van der Waals surface area contributed by atoms with Crippen molar-refractivity contribution in [3.8, 4) is 11.5 Å². The zero-order chi connectivity index (χ0) is 22.8. The van der Waals surface area contributed by atoms with Crippen LogP contribution in [-0.2, 0) is 16.2 Å². The predicted octanol–water partition coefficient (Wildman–Crippen LogP) is 4.47. The molecule has 0 fully saturated rings. The third-order valence-electron chi connectivity index (χ3n) is 4.45. The van der Waals surface area contributed by atoms with Gasteiger partial charge in [-0.25, -0.2) is 0 Å². The predicted molar refractivity (Wildman–Crippen MR) is 122 cm³/mol. The normalized spacial score (nSPS) is 10.6. The molecule has 0 atom stereocenters. The van der Waals surface area contributed by atoms with Gasteiger partial charge in [0.2, 0.25) is 0 Å². The number of nitrogens with one attached hydrogen (secondary N) is 1. The van der Waals surface area contributed by atoms with Crippen LogP contribution in [0.3, 0.4) is 0 Å². The van der Waals surface area contributed by atoms with E-state index in [1.54, 1.807) is 43.5 Å². The lowest BCUT2D eigenvalue weighted by molar-refractivity contribution is -0.120. The number of rotatable bonds is 10. The summed E-state index contributed by atoms with van der Waals surface area (Å²) >= 11 is 0. The lowest BCUT2D eigenvalue weighted by Crippen LogP contribution is -2.17. The zero-order valence-corrected chi connectivity index (χ0v) is 17.9. The molecule has 3 rings (SSSR count). The first-order chi connectivity index (χ1) is 15.5. The van der Waals surface area contributed by atoms with Crippen molar-refractivity contribution in [1.29, 1.82) is 0 Å². The third-order valence-corrected chi connectivity index (χ3v) is 4.45. The topological polar surface area (TPSA) is 86.2 Å². The van der Waals surface area contributed by atoms with Crippen molar-refractivity contribution in [1.82, 2.24) is 0 Å². The molecule has 0 aliphatic heterocycles. The molecule has 0 unspecified atom stereocenters. The molecule has 0 spiro atoms. The smallest absolute Gasteiger partial charge is 0.265 e. The van der Waals surface area contributed by atoms with E-state index in [0.717, 1.165) is 11.1 Å². The zero-order valence-electron chi connectivity index (χ0n) is 17.9. The Balaban J connectivity index is 1.51. The minimum absolute atomic E-state index is 0.0751. The van der Waals surface area contributed by atoms with Gasteiger partial charge >= 0.3 is 0 Å². The van der Waals surface area contributed by atoms with Gasteiger partial charge in [0.1, 0.15) is 6.61 Å². The highest BCUT2D eigenvalue weighted by Gasteiger charge is 2.07. The summed E-state index contributed by atoms with van der Waals surface area (Å²) in [5.74, 6) is 0.716. The number of nitrogens with zero attached hydrogens (tertiary/aromatic N) is 1. The first kappa shape index (κ1) is 22.6. The van der Waals surface area contributed by atoms with Crippen molar-refractivity contribution in [2.45, 2.75) is 13.5 Å². The highest BCUT2D eigenvalue weighted by atomic mass is 16.6. The second kappa shape index (κ2) is 11.3. The van der Waals surface area contributed by atoms with Gasteiger partial charge in [0.15, 0.2) is 23.9 Å². The van der Waals surface area contributed by atoms with E-state index < -0.39 is 0 Å². The minimum atomic E-state index is -0.384. The van der Waals surface area contributed by atoms with Crippen molar-refractivity contribution >= 4 is 23.6 Å². The summed E-state index contributed by atoms with van der Waals surface area (Å²) in [5.41, 5.74) is 2.82. The Kier molecular flexibility index (Phi) is 7.97. The Labute approximate surface area is 186 Å². The van der Waals surface area contributed by atoms with Crippen LogP contribution >= 0.6 is 0 Å². The Hall–Kier alpha value is -4.13. The molecule has 164 valence electrons. The van der Waals surface area contributed by atoms with Crippen LogP contribution in [0.4, 0.5) is 5.69 Å². The van der Waals surface area contributed by atoms with Gasteiger partial charge < -0.3 is 19.6 Å². The van der Waals surface area contributed by atoms with Crippen molar-refractivity contribution in [3.05, 3.63) is 89.5 Å². The molecule has 1 N–H and O–H groups in total. The van der Waals surface area contributed by atoms with Crippen LogP contribution in [-0.4, -0.2) is 31.6 Å². The number of methoxy groups -OCH3 is 1. The van der Waals surface area contributed by atoms with Crippen LogP contribution in [0.2, 0.25) is 0 Å². The van der Waals surface area contributed by atoms with Crippen molar-refractivity contribution < 1.29 is 23.9 Å². The average molecular weight is 432 g/mol. The largest absolute Gasteiger partial charge is 0.493 e. The summed E-state index contributed by atoms with van der Waals surface area (Å²) in [5, 5.41) is 6.49. The molecule has 0 saturated carbocycles. The van der Waals surface area contributed by atoms with Crippen LogP contribution in [0.15, 0.2) is 78.0 Å². The molecule has 0 saturated heterocycles. The summed E-state index contributed by atoms with van der Waals surface area (Å²) in [6.07, 6.45) is 1.48. The van der Waals surface area contributed by atoms with Crippen LogP contribution in [0.5, 0.6) is 11.5 Å². The number of carbonyl (C=O) groups excluding carboxylic acids is 2. The SMILES string of the molecule is COc1cc(C=NOCC(=O)Nc2cccc(C(C)=O)c2)ccc1OCc1ccccc1. The van der Waals surface area contributed by atoms with E-state index in [2.05, 4.69) is 10.5 Å². The number of amides is 1. The van der Waals surface area contributed by atoms with E-state index in [9.17, 15) is 9.59 Å². The maximum Gasteiger partial charge on any atom is 0.265 e. The molecule has 0 aromatic heterocycles. The molecule has 1 amide bonds. The molecule has 3 aromatic rings. The van der Waals surface area contributed by atoms with Crippen LogP contribution < -0.4 is 14.8 Å². The Morgan fingerprint density at radius 3 is 2.53 bits per heavy atom. The number of hydrogen-bond donors (Lipinski definition) is 1. The number of ether oxygens (including phenoxy) is 2. The first-order valence-electron chi connectivity index (χ1n) is 9.96. The van der Waals surface area contributed by atoms with Crippen molar-refractivity contribution in [3.63, 3.8) is 0 Å². The third kappa shape index (κ3) is 6.70. The molecule has 0 aliphatic rings. The van der Waals surface area contributed by atoms with Gasteiger partial charge in [0.05, 0.1) is 13.3 Å². The van der Waals surface area contributed by atoms with E-state index in [1.165, 1.54) is 13.1 Å². The molecule has 32 heavy (non-hydrogen) atoms. The molecule has 7 nitrogen and oxygen atoms in total. The minimum Gasteiger partial charge on any atom is -0.493 e. The highest BCUT2D eigenvalue weighted by molar-refractivity contribution is 5.97. The number of ketones is 1. The van der Waals surface area contributed by atoms with Crippen LogP contribution in [0, 0.1) is 0 Å². The standard InChI is InChI=1S/C25H24N2O5/c1-18(28)21-9-6-10-22(14-21)27-25(29)17-32-26-15-20-11-12-23(24(13-20)30-2)31-16-19-7-4-3-5-8-19/h3-15H,16-17H2,1-2H3,(H,27,29). The average Bonchev–Trinajstić information content (AvgIpc) is 2.81. The maximum atomic E-state index is 12.0. The van der Waals surface area contributed by atoms with Crippen LogP contribution in [0.1, 0.15) is 28.4 Å². The molecular formula is C25H24N2O5. The van der Waals surface area contributed by atoms with Gasteiger partial charge in [0.25, 0.3) is 5.91 Å². The quantitative estimate of drug-likeness (QED) is 0.290. The van der Waals surface area contributed by atoms with Gasteiger partial charge in [-0.3, -0.25) is 9.59 Å². The number of Topliss-reactive ketones (excluding diaryl/α,β-unsaturated/α-hetero) is 1. The fourth-order valence-corrected chi connectivity index (χ4v) is 2.83. The summed E-state index contributed by atoms with van der Waals surface area (Å²) in [6, 6.07) is 21.9. The monoisotopic (exact) mass is 432 g/mol. The lowest BCUT2D eigenvalue weighted by atomic mass is 10.1. The Bertz CT molecular complexity index is 1100. The number of anilines is 1. The van der Waals surface area contributed by atoms with E-state index in [1.807, 2.05) is 36.4 Å². The summed E-state index contributed by atoms with van der Waals surface area (Å²) in [4.78, 5) is 28.5. The van der Waals surface area contributed by atoms with Crippen LogP contribution in [0.25, 0.3) is 0 Å². The van der Waals surface area contributed by atoms with E-state index in [4.69, 9.17) is 14.3 Å². The second-order valence-corrected chi connectivity index (χ2v) is 6.88. The summed E-state index contributed by atoms with van der Waals surface area (Å²) in [7, 11) is 1.56. The number of hydrogen-bond acceptors (Lipinski definition) is 6. The molecule has 0 bridgehead atoms.